The highest BCUT2D eigenvalue weighted by molar-refractivity contribution is 14.0. The summed E-state index contributed by atoms with van der Waals surface area (Å²) in [5.74, 6) is 1.13. The van der Waals surface area contributed by atoms with Crippen LogP contribution in [0.4, 0.5) is 5.69 Å². The number of ether oxygens (including phenoxy) is 1. The first-order chi connectivity index (χ1) is 12.7. The summed E-state index contributed by atoms with van der Waals surface area (Å²) in [6, 6.07) is 7.94. The average molecular weight is 486 g/mol. The fourth-order valence-corrected chi connectivity index (χ4v) is 3.19. The number of nitrogens with one attached hydrogen (secondary N) is 3. The van der Waals surface area contributed by atoms with E-state index in [1.54, 1.807) is 0 Å². The van der Waals surface area contributed by atoms with Crippen LogP contribution in [0, 0.1) is 5.92 Å². The second-order valence-electron chi connectivity index (χ2n) is 7.03. The van der Waals surface area contributed by atoms with Gasteiger partial charge in [0.25, 0.3) is 0 Å². The van der Waals surface area contributed by atoms with Crippen LogP contribution in [0.1, 0.15) is 44.6 Å². The van der Waals surface area contributed by atoms with E-state index in [-0.39, 0.29) is 41.9 Å². The molecule has 0 spiro atoms. The molecular weight excluding hydrogens is 455 g/mol. The highest BCUT2D eigenvalue weighted by Crippen LogP contribution is 2.27. The van der Waals surface area contributed by atoms with Crippen molar-refractivity contribution in [3.8, 4) is 0 Å². The molecule has 1 aliphatic heterocycles. The van der Waals surface area contributed by atoms with Gasteiger partial charge in [0.2, 0.25) is 5.91 Å². The van der Waals surface area contributed by atoms with Crippen molar-refractivity contribution in [2.24, 2.45) is 10.9 Å². The van der Waals surface area contributed by atoms with Gasteiger partial charge in [0.15, 0.2) is 5.96 Å². The third-order valence-electron chi connectivity index (χ3n) is 4.96. The number of guanidine groups is 1. The van der Waals surface area contributed by atoms with Gasteiger partial charge in [0.1, 0.15) is 0 Å². The third kappa shape index (κ3) is 6.95. The number of hydrogen-bond acceptors (Lipinski definition) is 3. The minimum Gasteiger partial charge on any atom is -0.376 e. The Labute approximate surface area is 178 Å². The molecule has 0 aromatic heterocycles. The van der Waals surface area contributed by atoms with Crippen LogP contribution >= 0.6 is 24.0 Å². The van der Waals surface area contributed by atoms with Crippen molar-refractivity contribution < 1.29 is 9.53 Å². The van der Waals surface area contributed by atoms with Crippen molar-refractivity contribution in [1.29, 1.82) is 0 Å². The average Bonchev–Trinajstić information content (AvgIpc) is 3.09. The van der Waals surface area contributed by atoms with E-state index in [2.05, 4.69) is 27.9 Å². The van der Waals surface area contributed by atoms with E-state index in [0.717, 1.165) is 62.6 Å². The summed E-state index contributed by atoms with van der Waals surface area (Å²) in [7, 11) is 0. The molecule has 0 bridgehead atoms. The van der Waals surface area contributed by atoms with Crippen LogP contribution in [0.15, 0.2) is 29.3 Å². The number of anilines is 1. The van der Waals surface area contributed by atoms with Gasteiger partial charge >= 0.3 is 0 Å². The van der Waals surface area contributed by atoms with Crippen molar-refractivity contribution in [1.82, 2.24) is 10.6 Å². The predicted molar refractivity (Wildman–Crippen MR) is 120 cm³/mol. The lowest BCUT2D eigenvalue weighted by atomic mass is 9.85. The second-order valence-corrected chi connectivity index (χ2v) is 7.03. The van der Waals surface area contributed by atoms with E-state index in [4.69, 9.17) is 4.74 Å². The molecule has 1 aromatic rings. The van der Waals surface area contributed by atoms with Crippen molar-refractivity contribution in [3.05, 3.63) is 29.8 Å². The first kappa shape index (κ1) is 21.9. The largest absolute Gasteiger partial charge is 0.376 e. The SMILES string of the molecule is CCNC(=NCc1cccc(NC(=O)C2CCC2)c1)NCC1CCCO1.I. The van der Waals surface area contributed by atoms with E-state index in [0.29, 0.717) is 6.54 Å². The van der Waals surface area contributed by atoms with E-state index >= 15 is 0 Å². The Morgan fingerprint density at radius 1 is 1.22 bits per heavy atom. The Bertz CT molecular complexity index is 628. The molecule has 1 aromatic carbocycles. The standard InChI is InChI=1S/C20H30N4O2.HI/c1-2-21-20(23-14-18-10-5-11-26-18)22-13-15-6-3-9-17(12-15)24-19(25)16-7-4-8-16;/h3,6,9,12,16,18H,2,4-5,7-8,10-11,13-14H2,1H3,(H,24,25)(H2,21,22,23);1H. The van der Waals surface area contributed by atoms with Crippen LogP contribution < -0.4 is 16.0 Å². The van der Waals surface area contributed by atoms with E-state index < -0.39 is 0 Å². The predicted octanol–water partition coefficient (Wildman–Crippen LogP) is 3.28. The Kier molecular flexibility index (Phi) is 9.33. The van der Waals surface area contributed by atoms with Crippen LogP contribution in [0.25, 0.3) is 0 Å². The van der Waals surface area contributed by atoms with Gasteiger partial charge in [-0.25, -0.2) is 4.99 Å². The molecule has 7 heteroatoms. The number of aliphatic imine (C=N–C) groups is 1. The molecule has 1 saturated carbocycles. The zero-order valence-corrected chi connectivity index (χ0v) is 18.3. The van der Waals surface area contributed by atoms with Crippen LogP contribution in [0.5, 0.6) is 0 Å². The number of benzene rings is 1. The van der Waals surface area contributed by atoms with Gasteiger partial charge in [-0.15, -0.1) is 24.0 Å². The molecule has 1 unspecified atom stereocenters. The summed E-state index contributed by atoms with van der Waals surface area (Å²) in [4.78, 5) is 16.8. The minimum atomic E-state index is 0. The summed E-state index contributed by atoms with van der Waals surface area (Å²) < 4.78 is 5.64. The number of carbonyl (C=O) groups is 1. The maximum Gasteiger partial charge on any atom is 0.227 e. The Hall–Kier alpha value is -1.35. The number of amides is 1. The van der Waals surface area contributed by atoms with Crippen molar-refractivity contribution >= 4 is 41.5 Å². The molecule has 3 rings (SSSR count). The molecule has 1 amide bonds. The molecule has 2 fully saturated rings. The topological polar surface area (TPSA) is 74.8 Å². The zero-order valence-electron chi connectivity index (χ0n) is 16.0. The lowest BCUT2D eigenvalue weighted by molar-refractivity contribution is -0.122. The third-order valence-corrected chi connectivity index (χ3v) is 4.96. The highest BCUT2D eigenvalue weighted by atomic mass is 127. The molecule has 3 N–H and O–H groups in total. The number of halogens is 1. The summed E-state index contributed by atoms with van der Waals surface area (Å²) in [6.07, 6.45) is 5.72. The first-order valence-electron chi connectivity index (χ1n) is 9.78. The summed E-state index contributed by atoms with van der Waals surface area (Å²) in [6.45, 7) is 5.07. The number of hydrogen-bond donors (Lipinski definition) is 3. The summed E-state index contributed by atoms with van der Waals surface area (Å²) >= 11 is 0. The normalized spacial score (nSPS) is 19.7. The van der Waals surface area contributed by atoms with Crippen LogP contribution in [-0.4, -0.2) is 37.7 Å². The van der Waals surface area contributed by atoms with Gasteiger partial charge in [-0.2, -0.15) is 0 Å². The maximum absolute atomic E-state index is 12.1. The van der Waals surface area contributed by atoms with Crippen molar-refractivity contribution in [2.45, 2.75) is 51.7 Å². The summed E-state index contributed by atoms with van der Waals surface area (Å²) in [5, 5.41) is 9.65. The van der Waals surface area contributed by atoms with E-state index in [9.17, 15) is 4.79 Å². The van der Waals surface area contributed by atoms with Gasteiger partial charge in [-0.05, 0) is 50.3 Å². The molecule has 1 atom stereocenters. The van der Waals surface area contributed by atoms with Crippen molar-refractivity contribution in [2.75, 3.05) is 25.0 Å². The Morgan fingerprint density at radius 3 is 2.74 bits per heavy atom. The molecule has 1 heterocycles. The molecule has 0 radical (unpaired) electrons. The molecule has 1 aliphatic carbocycles. The van der Waals surface area contributed by atoms with Crippen molar-refractivity contribution in [3.63, 3.8) is 0 Å². The van der Waals surface area contributed by atoms with E-state index in [1.165, 1.54) is 6.42 Å². The number of carbonyl (C=O) groups excluding carboxylic acids is 1. The van der Waals surface area contributed by atoms with Gasteiger partial charge in [0.05, 0.1) is 12.6 Å². The first-order valence-corrected chi connectivity index (χ1v) is 9.78. The molecular formula is C20H31IN4O2. The van der Waals surface area contributed by atoms with Crippen LogP contribution in [0.2, 0.25) is 0 Å². The number of rotatable bonds is 7. The second kappa shape index (κ2) is 11.5. The number of nitrogens with zero attached hydrogens (tertiary/aromatic N) is 1. The van der Waals surface area contributed by atoms with Crippen LogP contribution in [-0.2, 0) is 16.1 Å². The summed E-state index contributed by atoms with van der Waals surface area (Å²) in [5.41, 5.74) is 1.93. The van der Waals surface area contributed by atoms with Gasteiger partial charge in [-0.1, -0.05) is 18.6 Å². The Morgan fingerprint density at radius 2 is 2.07 bits per heavy atom. The maximum atomic E-state index is 12.1. The highest BCUT2D eigenvalue weighted by Gasteiger charge is 2.25. The quantitative estimate of drug-likeness (QED) is 0.314. The zero-order chi connectivity index (χ0) is 18.2. The van der Waals surface area contributed by atoms with Gasteiger partial charge in [-0.3, -0.25) is 4.79 Å². The lowest BCUT2D eigenvalue weighted by Crippen LogP contribution is -2.41. The van der Waals surface area contributed by atoms with E-state index in [1.807, 2.05) is 24.3 Å². The molecule has 27 heavy (non-hydrogen) atoms. The molecule has 6 nitrogen and oxygen atoms in total. The fourth-order valence-electron chi connectivity index (χ4n) is 3.19. The fraction of sp³-hybridized carbons (Fsp3) is 0.600. The molecule has 150 valence electrons. The van der Waals surface area contributed by atoms with Crippen LogP contribution in [0.3, 0.4) is 0 Å². The molecule has 1 saturated heterocycles. The smallest absolute Gasteiger partial charge is 0.227 e. The van der Waals surface area contributed by atoms with Gasteiger partial charge < -0.3 is 20.7 Å². The lowest BCUT2D eigenvalue weighted by Gasteiger charge is -2.24. The monoisotopic (exact) mass is 486 g/mol. The van der Waals surface area contributed by atoms with Gasteiger partial charge in [0, 0.05) is 31.3 Å². The molecule has 2 aliphatic rings. The minimum absolute atomic E-state index is 0. The Balaban J connectivity index is 0.00000261.